The highest BCUT2D eigenvalue weighted by atomic mass is 32.1. The van der Waals surface area contributed by atoms with Gasteiger partial charge in [0.1, 0.15) is 0 Å². The third-order valence-electron chi connectivity index (χ3n) is 2.70. The van der Waals surface area contributed by atoms with Crippen molar-refractivity contribution >= 4 is 28.3 Å². The normalized spacial score (nSPS) is 11.0. The number of thiazole rings is 1. The molecule has 0 aliphatic carbocycles. The predicted octanol–water partition coefficient (Wildman–Crippen LogP) is 1.82. The summed E-state index contributed by atoms with van der Waals surface area (Å²) >= 11 is 0.570. The summed E-state index contributed by atoms with van der Waals surface area (Å²) in [5, 5.41) is 4.75. The van der Waals surface area contributed by atoms with Gasteiger partial charge in [0.05, 0.1) is 7.11 Å². The first-order valence-electron chi connectivity index (χ1n) is 6.41. The number of alkyl halides is 3. The first-order valence-corrected chi connectivity index (χ1v) is 7.29. The molecule has 7 nitrogen and oxygen atoms in total. The van der Waals surface area contributed by atoms with E-state index < -0.39 is 23.7 Å². The van der Waals surface area contributed by atoms with Crippen LogP contribution in [0.2, 0.25) is 0 Å². The molecule has 0 spiro atoms. The van der Waals surface area contributed by atoms with Crippen LogP contribution in [0.15, 0.2) is 23.7 Å². The second-order valence-electron chi connectivity index (χ2n) is 4.34. The van der Waals surface area contributed by atoms with Gasteiger partial charge in [-0.2, -0.15) is 13.2 Å². The van der Waals surface area contributed by atoms with Gasteiger partial charge in [-0.3, -0.25) is 14.9 Å². The zero-order valence-electron chi connectivity index (χ0n) is 12.2. The number of halogens is 3. The fourth-order valence-electron chi connectivity index (χ4n) is 1.61. The minimum Gasteiger partial charge on any atom is -0.481 e. The molecule has 2 rings (SSSR count). The molecule has 2 heterocycles. The largest absolute Gasteiger partial charge is 0.481 e. The van der Waals surface area contributed by atoms with Crippen molar-refractivity contribution in [3.8, 4) is 5.88 Å². The van der Waals surface area contributed by atoms with Gasteiger partial charge in [-0.25, -0.2) is 9.97 Å². The molecule has 0 saturated carbocycles. The van der Waals surface area contributed by atoms with Crippen molar-refractivity contribution in [1.82, 2.24) is 15.3 Å². The molecule has 0 aliphatic rings. The molecule has 0 aliphatic heterocycles. The summed E-state index contributed by atoms with van der Waals surface area (Å²) in [6, 6.07) is 3.26. The average molecular weight is 360 g/mol. The van der Waals surface area contributed by atoms with E-state index in [2.05, 4.69) is 15.3 Å². The van der Waals surface area contributed by atoms with Gasteiger partial charge in [-0.05, 0) is 6.07 Å². The summed E-state index contributed by atoms with van der Waals surface area (Å²) < 4.78 is 42.2. The Hall–Kier alpha value is -2.69. The Kier molecular flexibility index (Phi) is 5.34. The number of methoxy groups -OCH3 is 1. The van der Waals surface area contributed by atoms with E-state index in [1.165, 1.54) is 13.3 Å². The van der Waals surface area contributed by atoms with Gasteiger partial charge in [0.25, 0.3) is 0 Å². The maximum absolute atomic E-state index is 12.4. The van der Waals surface area contributed by atoms with E-state index in [0.717, 1.165) is 5.38 Å². The zero-order valence-corrected chi connectivity index (χ0v) is 13.0. The number of nitrogens with one attached hydrogen (secondary N) is 2. The van der Waals surface area contributed by atoms with Crippen LogP contribution in [0, 0.1) is 0 Å². The number of nitrogens with zero attached hydrogens (tertiary/aromatic N) is 2. The van der Waals surface area contributed by atoms with E-state index in [1.807, 2.05) is 5.32 Å². The van der Waals surface area contributed by atoms with Gasteiger partial charge < -0.3 is 10.1 Å². The average Bonchev–Trinajstić information content (AvgIpc) is 3.01. The highest BCUT2D eigenvalue weighted by Gasteiger charge is 2.34. The third kappa shape index (κ3) is 4.41. The molecular formula is C13H11F3N4O3S. The van der Waals surface area contributed by atoms with Gasteiger partial charge in [0.2, 0.25) is 5.88 Å². The van der Waals surface area contributed by atoms with Crippen molar-refractivity contribution in [3.63, 3.8) is 0 Å². The van der Waals surface area contributed by atoms with Crippen LogP contribution in [0.1, 0.15) is 11.3 Å². The van der Waals surface area contributed by atoms with E-state index >= 15 is 0 Å². The Bertz CT molecular complexity index is 748. The maximum atomic E-state index is 12.4. The molecule has 0 unspecified atom stereocenters. The topological polar surface area (TPSA) is 93.2 Å². The summed E-state index contributed by atoms with van der Waals surface area (Å²) in [5.41, 5.74) is -0.599. The summed E-state index contributed by atoms with van der Waals surface area (Å²) in [7, 11) is 1.40. The molecule has 0 saturated heterocycles. The summed E-state index contributed by atoms with van der Waals surface area (Å²) in [4.78, 5) is 30.5. The van der Waals surface area contributed by atoms with Gasteiger partial charge in [-0.1, -0.05) is 6.07 Å². The monoisotopic (exact) mass is 360 g/mol. The van der Waals surface area contributed by atoms with Gasteiger partial charge >= 0.3 is 18.0 Å². The van der Waals surface area contributed by atoms with E-state index in [1.54, 1.807) is 12.1 Å². The Balaban J connectivity index is 1.93. The Morgan fingerprint density at radius 3 is 2.71 bits per heavy atom. The van der Waals surface area contributed by atoms with Crippen molar-refractivity contribution in [3.05, 3.63) is 35.0 Å². The molecule has 128 valence electrons. The number of hydrogen-bond acceptors (Lipinski definition) is 6. The van der Waals surface area contributed by atoms with Crippen LogP contribution in [0.5, 0.6) is 5.88 Å². The summed E-state index contributed by atoms with van der Waals surface area (Å²) in [6.07, 6.45) is -3.11. The SMILES string of the molecule is COc1ncccc1CNC(=O)C(=O)Nc1nc(C(F)(F)F)cs1. The lowest BCUT2D eigenvalue weighted by atomic mass is 10.2. The van der Waals surface area contributed by atoms with E-state index in [-0.39, 0.29) is 17.6 Å². The second-order valence-corrected chi connectivity index (χ2v) is 5.20. The van der Waals surface area contributed by atoms with Gasteiger partial charge in [0, 0.05) is 23.7 Å². The molecule has 0 aromatic carbocycles. The lowest BCUT2D eigenvalue weighted by Crippen LogP contribution is -2.35. The highest BCUT2D eigenvalue weighted by Crippen LogP contribution is 2.31. The van der Waals surface area contributed by atoms with Gasteiger partial charge in [0.15, 0.2) is 10.8 Å². The number of carbonyl (C=O) groups excluding carboxylic acids is 2. The van der Waals surface area contributed by atoms with Crippen LogP contribution < -0.4 is 15.4 Å². The molecule has 0 atom stereocenters. The standard InChI is InChI=1S/C13H11F3N4O3S/c1-23-11-7(3-2-4-17-11)5-18-9(21)10(22)20-12-19-8(6-24-12)13(14,15)16/h2-4,6H,5H2,1H3,(H,18,21)(H,19,20,22). The van der Waals surface area contributed by atoms with Crippen molar-refractivity contribution in [2.45, 2.75) is 12.7 Å². The van der Waals surface area contributed by atoms with Crippen LogP contribution in [-0.4, -0.2) is 28.9 Å². The molecule has 0 radical (unpaired) electrons. The van der Waals surface area contributed by atoms with E-state index in [4.69, 9.17) is 4.74 Å². The third-order valence-corrected chi connectivity index (χ3v) is 3.46. The maximum Gasteiger partial charge on any atom is 0.434 e. The van der Waals surface area contributed by atoms with Crippen LogP contribution in [-0.2, 0) is 22.3 Å². The Labute approximate surface area is 137 Å². The molecule has 24 heavy (non-hydrogen) atoms. The molecular weight excluding hydrogens is 349 g/mol. The lowest BCUT2D eigenvalue weighted by molar-refractivity contribution is -0.140. The predicted molar refractivity (Wildman–Crippen MR) is 78.4 cm³/mol. The molecule has 2 amide bonds. The van der Waals surface area contributed by atoms with Crippen molar-refractivity contribution in [2.24, 2.45) is 0 Å². The fraction of sp³-hybridized carbons (Fsp3) is 0.231. The van der Waals surface area contributed by atoms with E-state index in [0.29, 0.717) is 16.9 Å². The fourth-order valence-corrected chi connectivity index (χ4v) is 2.33. The number of hydrogen-bond donors (Lipinski definition) is 2. The van der Waals surface area contributed by atoms with Crippen LogP contribution in [0.4, 0.5) is 18.3 Å². The molecule has 11 heteroatoms. The number of pyridine rings is 1. The quantitative estimate of drug-likeness (QED) is 0.812. The first-order chi connectivity index (χ1) is 11.3. The summed E-state index contributed by atoms with van der Waals surface area (Å²) in [6.45, 7) is -0.0328. The molecule has 2 aromatic rings. The zero-order chi connectivity index (χ0) is 17.7. The minimum absolute atomic E-state index is 0.0328. The molecule has 2 N–H and O–H groups in total. The smallest absolute Gasteiger partial charge is 0.434 e. The number of carbonyl (C=O) groups is 2. The van der Waals surface area contributed by atoms with Crippen LogP contribution in [0.25, 0.3) is 0 Å². The highest BCUT2D eigenvalue weighted by molar-refractivity contribution is 7.14. The molecule has 0 fully saturated rings. The number of ether oxygens (including phenoxy) is 1. The molecule has 2 aromatic heterocycles. The number of aromatic nitrogens is 2. The van der Waals surface area contributed by atoms with Crippen molar-refractivity contribution in [1.29, 1.82) is 0 Å². The van der Waals surface area contributed by atoms with Crippen molar-refractivity contribution < 1.29 is 27.5 Å². The Morgan fingerprint density at radius 1 is 1.33 bits per heavy atom. The number of amides is 2. The van der Waals surface area contributed by atoms with E-state index in [9.17, 15) is 22.8 Å². The summed E-state index contributed by atoms with van der Waals surface area (Å²) in [5.74, 6) is -1.86. The Morgan fingerprint density at radius 2 is 2.08 bits per heavy atom. The number of rotatable bonds is 4. The lowest BCUT2D eigenvalue weighted by Gasteiger charge is -2.08. The second kappa shape index (κ2) is 7.25. The van der Waals surface area contributed by atoms with Crippen LogP contribution >= 0.6 is 11.3 Å². The van der Waals surface area contributed by atoms with Crippen LogP contribution in [0.3, 0.4) is 0 Å². The molecule has 0 bridgehead atoms. The number of anilines is 1. The van der Waals surface area contributed by atoms with Gasteiger partial charge in [-0.15, -0.1) is 11.3 Å². The first kappa shape index (κ1) is 17.7. The van der Waals surface area contributed by atoms with Crippen molar-refractivity contribution in [2.75, 3.05) is 12.4 Å². The minimum atomic E-state index is -4.61.